The summed E-state index contributed by atoms with van der Waals surface area (Å²) in [6.07, 6.45) is 2.16. The third-order valence-electron chi connectivity index (χ3n) is 3.62. The number of fused-ring (bicyclic) bond motifs is 2. The van der Waals surface area contributed by atoms with Crippen LogP contribution in [0.1, 0.15) is 28.8 Å². The lowest BCUT2D eigenvalue weighted by atomic mass is 9.97. The summed E-state index contributed by atoms with van der Waals surface area (Å²) < 4.78 is 0. The number of likely N-dealkylation sites (tertiary alicyclic amines) is 1. The van der Waals surface area contributed by atoms with Crippen LogP contribution in [0.3, 0.4) is 0 Å². The maximum absolute atomic E-state index is 11.8. The summed E-state index contributed by atoms with van der Waals surface area (Å²) in [6.45, 7) is 1.05. The molecule has 1 aromatic carbocycles. The fraction of sp³-hybridized carbons (Fsp3) is 0.417. The zero-order chi connectivity index (χ0) is 10.5. The Morgan fingerprint density at radius 1 is 1.40 bits per heavy atom. The van der Waals surface area contributed by atoms with E-state index in [9.17, 15) is 4.79 Å². The van der Waals surface area contributed by atoms with Gasteiger partial charge >= 0.3 is 0 Å². The third kappa shape index (κ3) is 1.01. The highest BCUT2D eigenvalue weighted by atomic mass is 16.2. The Labute approximate surface area is 89.1 Å². The Morgan fingerprint density at radius 3 is 2.93 bits per heavy atom. The first-order valence-electron chi connectivity index (χ1n) is 5.37. The van der Waals surface area contributed by atoms with Crippen LogP contribution < -0.4 is 5.32 Å². The summed E-state index contributed by atoms with van der Waals surface area (Å²) in [5.74, 6) is 0.0688. The number of hydrogen-bond donors (Lipinski definition) is 1. The normalized spacial score (nSPS) is 29.5. The van der Waals surface area contributed by atoms with E-state index in [-0.39, 0.29) is 11.6 Å². The molecule has 0 radical (unpaired) electrons. The smallest absolute Gasteiger partial charge is 0.253 e. The molecule has 0 aromatic heterocycles. The molecule has 0 bridgehead atoms. The minimum absolute atomic E-state index is 0.0688. The number of hydrogen-bond acceptors (Lipinski definition) is 2. The van der Waals surface area contributed by atoms with Gasteiger partial charge < -0.3 is 5.32 Å². The largest absolute Gasteiger partial charge is 0.330 e. The predicted octanol–water partition coefficient (Wildman–Crippen LogP) is 1.31. The van der Waals surface area contributed by atoms with Crippen molar-refractivity contribution in [1.82, 2.24) is 10.2 Å². The molecule has 0 saturated carbocycles. The van der Waals surface area contributed by atoms with Crippen LogP contribution >= 0.6 is 0 Å². The van der Waals surface area contributed by atoms with Crippen molar-refractivity contribution in [3.8, 4) is 0 Å². The summed E-state index contributed by atoms with van der Waals surface area (Å²) in [5.41, 5.74) is 1.77. The van der Waals surface area contributed by atoms with Gasteiger partial charge in [-0.05, 0) is 26.0 Å². The molecule has 78 valence electrons. The lowest BCUT2D eigenvalue weighted by Gasteiger charge is -2.32. The Balaban J connectivity index is 2.19. The average molecular weight is 202 g/mol. The van der Waals surface area contributed by atoms with Gasteiger partial charge in [-0.3, -0.25) is 9.69 Å². The highest BCUT2D eigenvalue weighted by Gasteiger charge is 2.47. The maximum atomic E-state index is 11.8. The van der Waals surface area contributed by atoms with Crippen LogP contribution in [0.25, 0.3) is 0 Å². The number of carbonyl (C=O) groups is 1. The van der Waals surface area contributed by atoms with Gasteiger partial charge in [0.25, 0.3) is 5.91 Å². The molecule has 2 aliphatic heterocycles. The second kappa shape index (κ2) is 2.83. The molecule has 1 saturated heterocycles. The SMILES string of the molecule is CN1CCCC12NC(=O)c1ccccc12. The van der Waals surface area contributed by atoms with Crippen molar-refractivity contribution >= 4 is 5.91 Å². The van der Waals surface area contributed by atoms with E-state index in [4.69, 9.17) is 0 Å². The quantitative estimate of drug-likeness (QED) is 0.688. The first kappa shape index (κ1) is 8.92. The van der Waals surface area contributed by atoms with Gasteiger partial charge in [-0.1, -0.05) is 18.2 Å². The van der Waals surface area contributed by atoms with Crippen molar-refractivity contribution in [2.24, 2.45) is 0 Å². The molecule has 3 nitrogen and oxygen atoms in total. The number of nitrogens with zero attached hydrogens (tertiary/aromatic N) is 1. The second-order valence-corrected chi connectivity index (χ2v) is 4.39. The molecule has 3 heteroatoms. The van der Waals surface area contributed by atoms with Crippen LogP contribution in [0, 0.1) is 0 Å². The molecule has 15 heavy (non-hydrogen) atoms. The summed E-state index contributed by atoms with van der Waals surface area (Å²) in [5, 5.41) is 3.13. The van der Waals surface area contributed by atoms with Gasteiger partial charge in [0.2, 0.25) is 0 Å². The molecule has 0 aliphatic carbocycles. The summed E-state index contributed by atoms with van der Waals surface area (Å²) in [6, 6.07) is 7.90. The van der Waals surface area contributed by atoms with Gasteiger partial charge in [-0.15, -0.1) is 0 Å². The standard InChI is InChI=1S/C12H14N2O/c1-14-8-4-7-12(14)10-6-3-2-5-9(10)11(15)13-12/h2-3,5-6H,4,7-8H2,1H3,(H,13,15). The lowest BCUT2D eigenvalue weighted by Crippen LogP contribution is -2.48. The fourth-order valence-electron chi connectivity index (χ4n) is 2.82. The Bertz CT molecular complexity index is 429. The van der Waals surface area contributed by atoms with E-state index >= 15 is 0 Å². The minimum Gasteiger partial charge on any atom is -0.330 e. The molecular weight excluding hydrogens is 188 g/mol. The van der Waals surface area contributed by atoms with Crippen molar-refractivity contribution in [3.63, 3.8) is 0 Å². The number of benzene rings is 1. The molecule has 1 N–H and O–H groups in total. The summed E-state index contributed by atoms with van der Waals surface area (Å²) in [4.78, 5) is 14.1. The van der Waals surface area contributed by atoms with E-state index in [0.717, 1.165) is 30.5 Å². The van der Waals surface area contributed by atoms with Crippen LogP contribution in [-0.2, 0) is 5.66 Å². The van der Waals surface area contributed by atoms with Gasteiger partial charge in [0, 0.05) is 17.7 Å². The van der Waals surface area contributed by atoms with E-state index in [0.29, 0.717) is 0 Å². The van der Waals surface area contributed by atoms with Crippen LogP contribution in [0.5, 0.6) is 0 Å². The van der Waals surface area contributed by atoms with E-state index in [1.165, 1.54) is 0 Å². The van der Waals surface area contributed by atoms with Gasteiger partial charge in [0.15, 0.2) is 0 Å². The first-order valence-corrected chi connectivity index (χ1v) is 5.37. The summed E-state index contributed by atoms with van der Waals surface area (Å²) in [7, 11) is 2.08. The van der Waals surface area contributed by atoms with Gasteiger partial charge in [0.05, 0.1) is 0 Å². The second-order valence-electron chi connectivity index (χ2n) is 4.39. The monoisotopic (exact) mass is 202 g/mol. The van der Waals surface area contributed by atoms with Crippen LogP contribution in [0.4, 0.5) is 0 Å². The Kier molecular flexibility index (Phi) is 1.68. The highest BCUT2D eigenvalue weighted by molar-refractivity contribution is 5.99. The Hall–Kier alpha value is -1.35. The molecule has 2 heterocycles. The van der Waals surface area contributed by atoms with Crippen LogP contribution in [-0.4, -0.2) is 24.4 Å². The van der Waals surface area contributed by atoms with Crippen LogP contribution in [0.15, 0.2) is 24.3 Å². The molecule has 2 aliphatic rings. The topological polar surface area (TPSA) is 32.3 Å². The highest BCUT2D eigenvalue weighted by Crippen LogP contribution is 2.40. The van der Waals surface area contributed by atoms with E-state index in [2.05, 4.69) is 23.3 Å². The molecule has 1 atom stereocenters. The van der Waals surface area contributed by atoms with Crippen molar-refractivity contribution in [3.05, 3.63) is 35.4 Å². The predicted molar refractivity (Wildman–Crippen MR) is 57.5 cm³/mol. The molecule has 1 amide bonds. The van der Waals surface area contributed by atoms with Gasteiger partial charge in [0.1, 0.15) is 5.66 Å². The minimum atomic E-state index is -0.215. The average Bonchev–Trinajstić information content (AvgIpc) is 2.74. The zero-order valence-electron chi connectivity index (χ0n) is 8.79. The van der Waals surface area contributed by atoms with Gasteiger partial charge in [-0.25, -0.2) is 0 Å². The molecule has 3 rings (SSSR count). The number of rotatable bonds is 0. The van der Waals surface area contributed by atoms with Crippen molar-refractivity contribution in [2.75, 3.05) is 13.6 Å². The maximum Gasteiger partial charge on any atom is 0.253 e. The number of nitrogens with one attached hydrogen (secondary N) is 1. The van der Waals surface area contributed by atoms with Gasteiger partial charge in [-0.2, -0.15) is 0 Å². The molecular formula is C12H14N2O. The summed E-state index contributed by atoms with van der Waals surface area (Å²) >= 11 is 0. The molecule has 1 aromatic rings. The molecule has 1 fully saturated rings. The molecule has 1 spiro atoms. The fourth-order valence-corrected chi connectivity index (χ4v) is 2.82. The first-order chi connectivity index (χ1) is 7.24. The molecule has 1 unspecified atom stereocenters. The van der Waals surface area contributed by atoms with Crippen molar-refractivity contribution in [2.45, 2.75) is 18.5 Å². The van der Waals surface area contributed by atoms with Crippen molar-refractivity contribution in [1.29, 1.82) is 0 Å². The lowest BCUT2D eigenvalue weighted by molar-refractivity contribution is 0.0817. The van der Waals surface area contributed by atoms with E-state index in [1.807, 2.05) is 18.2 Å². The zero-order valence-corrected chi connectivity index (χ0v) is 8.79. The van der Waals surface area contributed by atoms with Crippen LogP contribution in [0.2, 0.25) is 0 Å². The Morgan fingerprint density at radius 2 is 2.20 bits per heavy atom. The van der Waals surface area contributed by atoms with E-state index in [1.54, 1.807) is 0 Å². The van der Waals surface area contributed by atoms with Crippen molar-refractivity contribution < 1.29 is 4.79 Å². The third-order valence-corrected chi connectivity index (χ3v) is 3.62. The number of amides is 1. The number of carbonyl (C=O) groups excluding carboxylic acids is 1. The van der Waals surface area contributed by atoms with E-state index < -0.39 is 0 Å².